The molecule has 2 aromatic rings. The van der Waals surface area contributed by atoms with Crippen molar-refractivity contribution in [1.82, 2.24) is 10.2 Å². The third-order valence-corrected chi connectivity index (χ3v) is 4.44. The minimum absolute atomic E-state index is 0.132. The molecule has 122 valence electrons. The van der Waals surface area contributed by atoms with Gasteiger partial charge in [0.25, 0.3) is 5.91 Å². The molecule has 5 heteroatoms. The van der Waals surface area contributed by atoms with Crippen LogP contribution in [-0.4, -0.2) is 22.7 Å². The summed E-state index contributed by atoms with van der Waals surface area (Å²) in [6, 6.07) is 17.4. The molecule has 0 aromatic heterocycles. The number of imide groups is 2. The Morgan fingerprint density at radius 3 is 2.08 bits per heavy atom. The molecule has 1 fully saturated rings. The predicted octanol–water partition coefficient (Wildman–Crippen LogP) is 2.61. The van der Waals surface area contributed by atoms with Crippen LogP contribution in [0.5, 0.6) is 0 Å². The largest absolute Gasteiger partial charge is 0.331 e. The maximum Gasteiger partial charge on any atom is 0.331 e. The van der Waals surface area contributed by atoms with Crippen molar-refractivity contribution in [1.29, 1.82) is 0 Å². The summed E-state index contributed by atoms with van der Waals surface area (Å²) in [5.41, 5.74) is 0.0539. The summed E-state index contributed by atoms with van der Waals surface area (Å²) in [7, 11) is 0. The van der Waals surface area contributed by atoms with Gasteiger partial charge in [-0.05, 0) is 17.5 Å². The van der Waals surface area contributed by atoms with Gasteiger partial charge in [-0.3, -0.25) is 19.8 Å². The van der Waals surface area contributed by atoms with Crippen LogP contribution in [0.25, 0.3) is 0 Å². The van der Waals surface area contributed by atoms with Crippen molar-refractivity contribution in [3.8, 4) is 0 Å². The zero-order valence-corrected chi connectivity index (χ0v) is 13.4. The number of nitrogens with zero attached hydrogens (tertiary/aromatic N) is 1. The first-order valence-electron chi connectivity index (χ1n) is 7.86. The molecule has 0 unspecified atom stereocenters. The first kappa shape index (κ1) is 15.9. The molecule has 5 nitrogen and oxygen atoms in total. The number of carbonyl (C=O) groups is 3. The highest BCUT2D eigenvalue weighted by molar-refractivity contribution is 6.22. The van der Waals surface area contributed by atoms with Gasteiger partial charge < -0.3 is 0 Å². The van der Waals surface area contributed by atoms with E-state index in [0.29, 0.717) is 5.56 Å². The van der Waals surface area contributed by atoms with Crippen LogP contribution in [0.15, 0.2) is 60.7 Å². The van der Waals surface area contributed by atoms with Crippen molar-refractivity contribution < 1.29 is 14.4 Å². The summed E-state index contributed by atoms with van der Waals surface area (Å²) in [5.74, 6) is -1.04. The number of benzene rings is 2. The number of nitrogens with one attached hydrogen (secondary N) is 1. The Kier molecular flexibility index (Phi) is 4.16. The molecule has 0 radical (unpaired) electrons. The molecule has 1 atom stereocenters. The lowest BCUT2D eigenvalue weighted by molar-refractivity contribution is -0.146. The van der Waals surface area contributed by atoms with Gasteiger partial charge in [0.05, 0.1) is 6.54 Å². The van der Waals surface area contributed by atoms with Gasteiger partial charge in [-0.25, -0.2) is 4.79 Å². The van der Waals surface area contributed by atoms with Gasteiger partial charge in [-0.1, -0.05) is 67.6 Å². The number of barbiturate groups is 1. The average Bonchev–Trinajstić information content (AvgIpc) is 2.61. The smallest absolute Gasteiger partial charge is 0.276 e. The lowest BCUT2D eigenvalue weighted by Crippen LogP contribution is -2.65. The van der Waals surface area contributed by atoms with Gasteiger partial charge in [0.15, 0.2) is 5.41 Å². The molecule has 0 saturated carbocycles. The van der Waals surface area contributed by atoms with Crippen LogP contribution in [0, 0.1) is 0 Å². The summed E-state index contributed by atoms with van der Waals surface area (Å²) < 4.78 is 0. The predicted molar refractivity (Wildman–Crippen MR) is 88.9 cm³/mol. The maximum atomic E-state index is 13.1. The SMILES string of the molecule is CC[C@]1(c2ccccc2)C(=O)NC(=O)N(Cc2ccccc2)C1=O. The van der Waals surface area contributed by atoms with Crippen LogP contribution in [0.3, 0.4) is 0 Å². The van der Waals surface area contributed by atoms with Crippen molar-refractivity contribution >= 4 is 17.8 Å². The molecular weight excluding hydrogens is 304 g/mol. The minimum atomic E-state index is -1.37. The number of amides is 4. The number of hydrogen-bond acceptors (Lipinski definition) is 3. The summed E-state index contributed by atoms with van der Waals surface area (Å²) in [6.45, 7) is 1.91. The van der Waals surface area contributed by atoms with Gasteiger partial charge >= 0.3 is 6.03 Å². The molecule has 0 spiro atoms. The lowest BCUT2D eigenvalue weighted by atomic mass is 9.74. The normalized spacial score (nSPS) is 20.9. The van der Waals surface area contributed by atoms with Gasteiger partial charge in [-0.2, -0.15) is 0 Å². The minimum Gasteiger partial charge on any atom is -0.276 e. The maximum absolute atomic E-state index is 13.1. The van der Waals surface area contributed by atoms with Gasteiger partial charge in [0.1, 0.15) is 0 Å². The van der Waals surface area contributed by atoms with E-state index in [9.17, 15) is 14.4 Å². The van der Waals surface area contributed by atoms with E-state index in [4.69, 9.17) is 0 Å². The highest BCUT2D eigenvalue weighted by Gasteiger charge is 2.53. The fraction of sp³-hybridized carbons (Fsp3) is 0.211. The standard InChI is InChI=1S/C19H18N2O3/c1-2-19(15-11-7-4-8-12-15)16(22)20-18(24)21(17(19)23)13-14-9-5-3-6-10-14/h3-12H,2,13H2,1H3,(H,20,22,24)/t19-/m0/s1. The number of carbonyl (C=O) groups excluding carboxylic acids is 3. The van der Waals surface area contributed by atoms with Gasteiger partial charge in [0.2, 0.25) is 5.91 Å². The molecule has 3 rings (SSSR count). The van der Waals surface area contributed by atoms with Crippen LogP contribution in [0.2, 0.25) is 0 Å². The molecule has 4 amide bonds. The molecule has 0 aliphatic carbocycles. The van der Waals surface area contributed by atoms with E-state index in [1.807, 2.05) is 36.4 Å². The molecule has 1 aliphatic rings. The second-order valence-electron chi connectivity index (χ2n) is 5.76. The van der Waals surface area contributed by atoms with Crippen molar-refractivity contribution in [2.75, 3.05) is 0 Å². The second kappa shape index (κ2) is 6.28. The molecule has 1 heterocycles. The number of urea groups is 1. The Hall–Kier alpha value is -2.95. The van der Waals surface area contributed by atoms with E-state index in [1.165, 1.54) is 0 Å². The average molecular weight is 322 g/mol. The quantitative estimate of drug-likeness (QED) is 0.880. The summed E-state index contributed by atoms with van der Waals surface area (Å²) in [4.78, 5) is 39.1. The topological polar surface area (TPSA) is 66.5 Å². The van der Waals surface area contributed by atoms with Crippen LogP contribution >= 0.6 is 0 Å². The Labute approximate surface area is 140 Å². The third kappa shape index (κ3) is 2.48. The Morgan fingerprint density at radius 1 is 0.917 bits per heavy atom. The lowest BCUT2D eigenvalue weighted by Gasteiger charge is -2.39. The molecule has 24 heavy (non-hydrogen) atoms. The van der Waals surface area contributed by atoms with E-state index in [0.717, 1.165) is 10.5 Å². The zero-order valence-electron chi connectivity index (χ0n) is 13.4. The summed E-state index contributed by atoms with van der Waals surface area (Å²) in [5, 5.41) is 2.35. The van der Waals surface area contributed by atoms with Crippen molar-refractivity contribution in [3.63, 3.8) is 0 Å². The van der Waals surface area contributed by atoms with Crippen LogP contribution in [0.1, 0.15) is 24.5 Å². The Balaban J connectivity index is 2.02. The van der Waals surface area contributed by atoms with Crippen molar-refractivity contribution in [2.45, 2.75) is 25.3 Å². The highest BCUT2D eigenvalue weighted by atomic mass is 16.2. The van der Waals surface area contributed by atoms with Gasteiger partial charge in [0, 0.05) is 0 Å². The van der Waals surface area contributed by atoms with E-state index >= 15 is 0 Å². The first-order valence-corrected chi connectivity index (χ1v) is 7.86. The summed E-state index contributed by atoms with van der Waals surface area (Å²) in [6.07, 6.45) is 0.278. The number of rotatable bonds is 4. The van der Waals surface area contributed by atoms with Crippen molar-refractivity contribution in [2.24, 2.45) is 0 Å². The highest BCUT2D eigenvalue weighted by Crippen LogP contribution is 2.34. The fourth-order valence-electron chi connectivity index (χ4n) is 3.09. The molecule has 1 saturated heterocycles. The summed E-state index contributed by atoms with van der Waals surface area (Å²) >= 11 is 0. The van der Waals surface area contributed by atoms with Crippen molar-refractivity contribution in [3.05, 3.63) is 71.8 Å². The van der Waals surface area contributed by atoms with Crippen LogP contribution in [-0.2, 0) is 21.5 Å². The second-order valence-corrected chi connectivity index (χ2v) is 5.76. The van der Waals surface area contributed by atoms with E-state index in [1.54, 1.807) is 31.2 Å². The Morgan fingerprint density at radius 2 is 1.50 bits per heavy atom. The van der Waals surface area contributed by atoms with Crippen LogP contribution in [0.4, 0.5) is 4.79 Å². The molecule has 1 N–H and O–H groups in total. The molecule has 2 aromatic carbocycles. The van der Waals surface area contributed by atoms with Crippen LogP contribution < -0.4 is 5.32 Å². The van der Waals surface area contributed by atoms with Gasteiger partial charge in [-0.15, -0.1) is 0 Å². The first-order chi connectivity index (χ1) is 11.6. The number of hydrogen-bond donors (Lipinski definition) is 1. The zero-order chi connectivity index (χ0) is 17.2. The van der Waals surface area contributed by atoms with E-state index in [-0.39, 0.29) is 13.0 Å². The monoisotopic (exact) mass is 322 g/mol. The fourth-order valence-corrected chi connectivity index (χ4v) is 3.09. The van der Waals surface area contributed by atoms with E-state index in [2.05, 4.69) is 5.32 Å². The molecule has 1 aliphatic heterocycles. The third-order valence-electron chi connectivity index (χ3n) is 4.44. The molecular formula is C19H18N2O3. The van der Waals surface area contributed by atoms with E-state index < -0.39 is 23.3 Å². The molecule has 0 bridgehead atoms. The Bertz CT molecular complexity index is 774.